The fraction of sp³-hybridized carbons (Fsp3) is 0.455. The van der Waals surface area contributed by atoms with Crippen molar-refractivity contribution in [3.63, 3.8) is 0 Å². The molecule has 0 aliphatic carbocycles. The van der Waals surface area contributed by atoms with Crippen LogP contribution < -0.4 is 10.1 Å². The second kappa shape index (κ2) is 5.11. The normalized spacial score (nSPS) is 24.3. The third-order valence-corrected chi connectivity index (χ3v) is 2.72. The van der Waals surface area contributed by atoms with Crippen LogP contribution in [0.4, 0.5) is 5.69 Å². The molecule has 1 saturated heterocycles. The number of aliphatic hydroxyl groups excluding tert-OH is 1. The van der Waals surface area contributed by atoms with E-state index in [9.17, 15) is 15.2 Å². The molecule has 1 heterocycles. The van der Waals surface area contributed by atoms with Gasteiger partial charge < -0.3 is 15.2 Å². The number of benzene rings is 1. The van der Waals surface area contributed by atoms with E-state index >= 15 is 0 Å². The van der Waals surface area contributed by atoms with Crippen molar-refractivity contribution in [3.05, 3.63) is 34.4 Å². The monoisotopic (exact) mass is 238 g/mol. The van der Waals surface area contributed by atoms with Crippen LogP contribution in [0.5, 0.6) is 5.75 Å². The highest BCUT2D eigenvalue weighted by molar-refractivity contribution is 5.36. The van der Waals surface area contributed by atoms with Crippen LogP contribution in [0.25, 0.3) is 0 Å². The Bertz CT molecular complexity index is 393. The molecule has 17 heavy (non-hydrogen) atoms. The van der Waals surface area contributed by atoms with Gasteiger partial charge in [0.15, 0.2) is 0 Å². The first kappa shape index (κ1) is 11.8. The highest BCUT2D eigenvalue weighted by Gasteiger charge is 2.24. The number of hydrogen-bond donors (Lipinski definition) is 2. The Morgan fingerprint density at radius 3 is 2.71 bits per heavy atom. The van der Waals surface area contributed by atoms with Gasteiger partial charge in [-0.3, -0.25) is 10.1 Å². The average molecular weight is 238 g/mol. The Labute approximate surface area is 98.4 Å². The van der Waals surface area contributed by atoms with E-state index in [4.69, 9.17) is 4.74 Å². The van der Waals surface area contributed by atoms with Gasteiger partial charge >= 0.3 is 0 Å². The van der Waals surface area contributed by atoms with Crippen LogP contribution in [0.2, 0.25) is 0 Å². The lowest BCUT2D eigenvalue weighted by atomic mass is 10.1. The first-order chi connectivity index (χ1) is 8.16. The van der Waals surface area contributed by atoms with Crippen LogP contribution in [-0.2, 0) is 0 Å². The molecule has 6 heteroatoms. The summed E-state index contributed by atoms with van der Waals surface area (Å²) < 4.78 is 5.59. The summed E-state index contributed by atoms with van der Waals surface area (Å²) in [6, 6.07) is 5.88. The van der Waals surface area contributed by atoms with Crippen molar-refractivity contribution < 1.29 is 14.8 Å². The molecule has 0 bridgehead atoms. The molecule has 2 atom stereocenters. The average Bonchev–Trinajstić information content (AvgIpc) is 2.33. The first-order valence-electron chi connectivity index (χ1n) is 5.47. The molecule has 2 rings (SSSR count). The zero-order chi connectivity index (χ0) is 12.3. The summed E-state index contributed by atoms with van der Waals surface area (Å²) >= 11 is 0. The Kier molecular flexibility index (Phi) is 3.55. The van der Waals surface area contributed by atoms with E-state index in [1.165, 1.54) is 12.1 Å². The van der Waals surface area contributed by atoms with Crippen LogP contribution in [0.3, 0.4) is 0 Å². The van der Waals surface area contributed by atoms with E-state index in [1.54, 1.807) is 12.1 Å². The number of hydrogen-bond acceptors (Lipinski definition) is 5. The van der Waals surface area contributed by atoms with Gasteiger partial charge in [0.2, 0.25) is 0 Å². The third-order valence-electron chi connectivity index (χ3n) is 2.72. The van der Waals surface area contributed by atoms with Crippen molar-refractivity contribution in [2.45, 2.75) is 18.6 Å². The Morgan fingerprint density at radius 1 is 1.41 bits per heavy atom. The Balaban J connectivity index is 2.00. The number of piperidine rings is 1. The molecule has 0 unspecified atom stereocenters. The number of nitro benzene ring substituents is 1. The molecule has 1 aliphatic heterocycles. The number of nitrogens with one attached hydrogen (secondary N) is 1. The lowest BCUT2D eigenvalue weighted by molar-refractivity contribution is -0.384. The molecule has 1 aromatic rings. The standard InChI is InChI=1S/C11H14N2O4/c14-10-7-12-6-5-11(10)17-9-3-1-8(2-4-9)13(15)16/h1-4,10-12,14H,5-7H2/t10-,11-/m1/s1. The SMILES string of the molecule is O=[N+]([O-])c1ccc(O[C@@H]2CCNC[C@H]2O)cc1. The van der Waals surface area contributed by atoms with Crippen LogP contribution in [0.15, 0.2) is 24.3 Å². The van der Waals surface area contributed by atoms with Gasteiger partial charge in [0.05, 0.1) is 4.92 Å². The number of rotatable bonds is 3. The molecule has 92 valence electrons. The third kappa shape index (κ3) is 2.92. The van der Waals surface area contributed by atoms with Crippen molar-refractivity contribution in [1.82, 2.24) is 5.32 Å². The van der Waals surface area contributed by atoms with Crippen molar-refractivity contribution >= 4 is 5.69 Å². The van der Waals surface area contributed by atoms with Crippen molar-refractivity contribution in [1.29, 1.82) is 0 Å². The lowest BCUT2D eigenvalue weighted by Crippen LogP contribution is -2.46. The zero-order valence-corrected chi connectivity index (χ0v) is 9.20. The van der Waals surface area contributed by atoms with Gasteiger partial charge in [-0.05, 0) is 25.1 Å². The largest absolute Gasteiger partial charge is 0.488 e. The van der Waals surface area contributed by atoms with Gasteiger partial charge in [0.25, 0.3) is 5.69 Å². The molecule has 0 saturated carbocycles. The number of β-amino-alcohol motifs (C(OH)–C–C–N with tert-alkyl or cyclic N) is 1. The summed E-state index contributed by atoms with van der Waals surface area (Å²) in [4.78, 5) is 10.0. The van der Waals surface area contributed by atoms with Gasteiger partial charge in [-0.1, -0.05) is 0 Å². The summed E-state index contributed by atoms with van der Waals surface area (Å²) in [6.07, 6.45) is -0.0744. The molecule has 1 aliphatic rings. The van der Waals surface area contributed by atoms with E-state index in [0.29, 0.717) is 12.3 Å². The van der Waals surface area contributed by atoms with Crippen LogP contribution >= 0.6 is 0 Å². The second-order valence-corrected chi connectivity index (χ2v) is 3.97. The summed E-state index contributed by atoms with van der Waals surface area (Å²) in [5, 5.41) is 23.2. The minimum atomic E-state index is -0.543. The second-order valence-electron chi connectivity index (χ2n) is 3.97. The van der Waals surface area contributed by atoms with E-state index in [1.807, 2.05) is 0 Å². The van der Waals surface area contributed by atoms with Crippen molar-refractivity contribution in [2.24, 2.45) is 0 Å². The number of aliphatic hydroxyl groups is 1. The number of ether oxygens (including phenoxy) is 1. The number of nitro groups is 1. The summed E-state index contributed by atoms with van der Waals surface area (Å²) in [7, 11) is 0. The molecular formula is C11H14N2O4. The molecule has 1 fully saturated rings. The molecule has 6 nitrogen and oxygen atoms in total. The van der Waals surface area contributed by atoms with Gasteiger partial charge in [-0.2, -0.15) is 0 Å². The maximum Gasteiger partial charge on any atom is 0.269 e. The van der Waals surface area contributed by atoms with Gasteiger partial charge in [0.1, 0.15) is 18.0 Å². The van der Waals surface area contributed by atoms with Gasteiger partial charge in [-0.25, -0.2) is 0 Å². The minimum absolute atomic E-state index is 0.0307. The maximum atomic E-state index is 10.5. The van der Waals surface area contributed by atoms with Gasteiger partial charge in [-0.15, -0.1) is 0 Å². The van der Waals surface area contributed by atoms with Crippen LogP contribution in [-0.4, -0.2) is 35.3 Å². The van der Waals surface area contributed by atoms with E-state index < -0.39 is 11.0 Å². The minimum Gasteiger partial charge on any atom is -0.488 e. The van der Waals surface area contributed by atoms with Crippen molar-refractivity contribution in [3.8, 4) is 5.75 Å². The van der Waals surface area contributed by atoms with Crippen LogP contribution in [0, 0.1) is 10.1 Å². The highest BCUT2D eigenvalue weighted by Crippen LogP contribution is 2.20. The van der Waals surface area contributed by atoms with Crippen LogP contribution in [0.1, 0.15) is 6.42 Å². The molecule has 0 amide bonds. The predicted molar refractivity (Wildman–Crippen MR) is 61.0 cm³/mol. The quantitative estimate of drug-likeness (QED) is 0.598. The zero-order valence-electron chi connectivity index (χ0n) is 9.20. The van der Waals surface area contributed by atoms with E-state index in [2.05, 4.69) is 5.32 Å². The summed E-state index contributed by atoms with van der Waals surface area (Å²) in [5.74, 6) is 0.543. The molecular weight excluding hydrogens is 224 g/mol. The summed E-state index contributed by atoms with van der Waals surface area (Å²) in [5.41, 5.74) is 0.0307. The smallest absolute Gasteiger partial charge is 0.269 e. The fourth-order valence-corrected chi connectivity index (χ4v) is 1.78. The molecule has 1 aromatic carbocycles. The molecule has 2 N–H and O–H groups in total. The molecule has 0 spiro atoms. The van der Waals surface area contributed by atoms with Crippen molar-refractivity contribution in [2.75, 3.05) is 13.1 Å². The molecule has 0 radical (unpaired) electrons. The maximum absolute atomic E-state index is 10.5. The van der Waals surface area contributed by atoms with E-state index in [0.717, 1.165) is 13.0 Å². The number of non-ortho nitro benzene ring substituents is 1. The Hall–Kier alpha value is -1.66. The first-order valence-corrected chi connectivity index (χ1v) is 5.47. The fourth-order valence-electron chi connectivity index (χ4n) is 1.78. The summed E-state index contributed by atoms with van der Waals surface area (Å²) in [6.45, 7) is 1.31. The lowest BCUT2D eigenvalue weighted by Gasteiger charge is -2.28. The topological polar surface area (TPSA) is 84.6 Å². The van der Waals surface area contributed by atoms with E-state index in [-0.39, 0.29) is 11.8 Å². The number of nitrogens with zero attached hydrogens (tertiary/aromatic N) is 1. The van der Waals surface area contributed by atoms with Gasteiger partial charge in [0, 0.05) is 18.7 Å². The highest BCUT2D eigenvalue weighted by atomic mass is 16.6. The molecule has 0 aromatic heterocycles. The Morgan fingerprint density at radius 2 is 2.12 bits per heavy atom. The predicted octanol–water partition coefficient (Wildman–Crippen LogP) is 0.696.